The van der Waals surface area contributed by atoms with Crippen molar-refractivity contribution in [2.45, 2.75) is 39.3 Å². The number of halogens is 5. The number of aliphatic hydroxyl groups excluding tert-OH is 1. The van der Waals surface area contributed by atoms with E-state index >= 15 is 4.39 Å². The van der Waals surface area contributed by atoms with Crippen LogP contribution in [0.2, 0.25) is 5.02 Å². The van der Waals surface area contributed by atoms with Gasteiger partial charge in [-0.2, -0.15) is 22.8 Å². The third-order valence-electron chi connectivity index (χ3n) is 4.80. The second-order valence-electron chi connectivity index (χ2n) is 7.12. The van der Waals surface area contributed by atoms with Gasteiger partial charge >= 0.3 is 11.9 Å². The van der Waals surface area contributed by atoms with E-state index in [-0.39, 0.29) is 29.0 Å². The van der Waals surface area contributed by atoms with E-state index in [0.717, 1.165) is 4.57 Å². The average Bonchev–Trinajstić information content (AvgIpc) is 3.15. The van der Waals surface area contributed by atoms with Crippen LogP contribution in [0.15, 0.2) is 23.1 Å². The fraction of sp³-hybridized carbons (Fsp3) is 0.350. The molecule has 0 aliphatic carbocycles. The molecule has 2 N–H and O–H groups in total. The van der Waals surface area contributed by atoms with Crippen molar-refractivity contribution in [3.63, 3.8) is 0 Å². The van der Waals surface area contributed by atoms with E-state index in [1.54, 1.807) is 6.92 Å². The lowest BCUT2D eigenvalue weighted by atomic mass is 10.2. The van der Waals surface area contributed by atoms with Crippen LogP contribution in [0, 0.1) is 5.82 Å². The summed E-state index contributed by atoms with van der Waals surface area (Å²) in [6.45, 7) is 1.58. The predicted octanol–water partition coefficient (Wildman–Crippen LogP) is 2.72. The highest BCUT2D eigenvalue weighted by molar-refractivity contribution is 6.33. The zero-order chi connectivity index (χ0) is 26.8. The van der Waals surface area contributed by atoms with Gasteiger partial charge in [0.15, 0.2) is 29.4 Å². The van der Waals surface area contributed by atoms with Gasteiger partial charge in [0.1, 0.15) is 17.9 Å². The SMILES string of the molecule is CCn1c(CO)nn(-c2nc(OC(C)C(F)(F)F)c(C(=O)Nc3ncc(OC)cc3Cl)cc2F)c1=O. The van der Waals surface area contributed by atoms with Gasteiger partial charge in [0.05, 0.1) is 18.3 Å². The minimum atomic E-state index is -4.87. The van der Waals surface area contributed by atoms with E-state index in [9.17, 15) is 27.9 Å². The minimum absolute atomic E-state index is 0.0565. The van der Waals surface area contributed by atoms with E-state index in [0.29, 0.717) is 17.7 Å². The zero-order valence-corrected chi connectivity index (χ0v) is 19.7. The number of methoxy groups -OCH3 is 1. The Morgan fingerprint density at radius 1 is 1.33 bits per heavy atom. The summed E-state index contributed by atoms with van der Waals surface area (Å²) in [5, 5.41) is 15.3. The van der Waals surface area contributed by atoms with Crippen molar-refractivity contribution in [3.8, 4) is 17.4 Å². The molecule has 1 amide bonds. The molecule has 194 valence electrons. The Morgan fingerprint density at radius 2 is 2.03 bits per heavy atom. The van der Waals surface area contributed by atoms with Crippen LogP contribution >= 0.6 is 11.6 Å². The molecule has 0 saturated carbocycles. The van der Waals surface area contributed by atoms with Gasteiger partial charge in [-0.3, -0.25) is 9.36 Å². The Labute approximate surface area is 205 Å². The number of amides is 1. The summed E-state index contributed by atoms with van der Waals surface area (Å²) in [6, 6.07) is 1.84. The summed E-state index contributed by atoms with van der Waals surface area (Å²) in [4.78, 5) is 33.0. The number of nitrogens with zero attached hydrogens (tertiary/aromatic N) is 5. The molecule has 1 unspecified atom stereocenters. The van der Waals surface area contributed by atoms with Crippen molar-refractivity contribution in [2.24, 2.45) is 0 Å². The minimum Gasteiger partial charge on any atom is -0.495 e. The maximum Gasteiger partial charge on any atom is 0.425 e. The fourth-order valence-electron chi connectivity index (χ4n) is 2.91. The molecule has 3 heterocycles. The van der Waals surface area contributed by atoms with Crippen molar-refractivity contribution in [2.75, 3.05) is 12.4 Å². The first-order valence-corrected chi connectivity index (χ1v) is 10.5. The number of alkyl halides is 3. The van der Waals surface area contributed by atoms with Crippen molar-refractivity contribution >= 4 is 23.3 Å². The van der Waals surface area contributed by atoms with Gasteiger partial charge in [0.2, 0.25) is 5.88 Å². The molecule has 0 aromatic carbocycles. The number of carbonyl (C=O) groups is 1. The van der Waals surface area contributed by atoms with Crippen LogP contribution in [-0.2, 0) is 13.2 Å². The second kappa shape index (κ2) is 10.5. The summed E-state index contributed by atoms with van der Waals surface area (Å²) >= 11 is 6.03. The first-order valence-electron chi connectivity index (χ1n) is 10.2. The van der Waals surface area contributed by atoms with Gasteiger partial charge in [-0.1, -0.05) is 11.6 Å². The average molecular weight is 535 g/mol. The highest BCUT2D eigenvalue weighted by Gasteiger charge is 2.39. The summed E-state index contributed by atoms with van der Waals surface area (Å²) in [5.74, 6) is -4.31. The number of anilines is 1. The van der Waals surface area contributed by atoms with Crippen LogP contribution in [0.4, 0.5) is 23.4 Å². The van der Waals surface area contributed by atoms with Crippen molar-refractivity contribution in [1.82, 2.24) is 24.3 Å². The normalized spacial score (nSPS) is 12.4. The molecular weight excluding hydrogens is 516 g/mol. The Hall–Kier alpha value is -3.72. The lowest BCUT2D eigenvalue weighted by Gasteiger charge is -2.19. The van der Waals surface area contributed by atoms with Gasteiger partial charge < -0.3 is 19.9 Å². The van der Waals surface area contributed by atoms with Gasteiger partial charge in [-0.25, -0.2) is 14.2 Å². The molecule has 0 aliphatic rings. The molecule has 3 aromatic rings. The van der Waals surface area contributed by atoms with E-state index < -0.39 is 53.6 Å². The Kier molecular flexibility index (Phi) is 7.83. The van der Waals surface area contributed by atoms with Crippen LogP contribution < -0.4 is 20.5 Å². The van der Waals surface area contributed by atoms with Crippen molar-refractivity contribution < 1.29 is 36.9 Å². The molecule has 0 radical (unpaired) electrons. The van der Waals surface area contributed by atoms with Crippen molar-refractivity contribution in [3.05, 3.63) is 51.0 Å². The summed E-state index contributed by atoms with van der Waals surface area (Å²) in [6.07, 6.45) is -6.12. The number of hydrogen-bond acceptors (Lipinski definition) is 8. The molecule has 0 saturated heterocycles. The monoisotopic (exact) mass is 534 g/mol. The third-order valence-corrected chi connectivity index (χ3v) is 5.09. The number of carbonyl (C=O) groups excluding carboxylic acids is 1. The number of aromatic nitrogens is 5. The molecule has 16 heteroatoms. The Balaban J connectivity index is 2.12. The number of nitrogens with one attached hydrogen (secondary N) is 1. The number of ether oxygens (including phenoxy) is 2. The highest BCUT2D eigenvalue weighted by Crippen LogP contribution is 2.29. The molecule has 0 spiro atoms. The number of rotatable bonds is 8. The molecule has 36 heavy (non-hydrogen) atoms. The quantitative estimate of drug-likeness (QED) is 0.421. The maximum atomic E-state index is 15.0. The first-order chi connectivity index (χ1) is 16.9. The van der Waals surface area contributed by atoms with Crippen LogP contribution in [0.1, 0.15) is 30.0 Å². The number of hydrogen-bond donors (Lipinski definition) is 2. The van der Waals surface area contributed by atoms with Gasteiger partial charge in [-0.05, 0) is 19.9 Å². The second-order valence-corrected chi connectivity index (χ2v) is 7.53. The van der Waals surface area contributed by atoms with Gasteiger partial charge in [0, 0.05) is 12.6 Å². The molecule has 0 bridgehead atoms. The molecule has 1 atom stereocenters. The molecule has 11 nitrogen and oxygen atoms in total. The summed E-state index contributed by atoms with van der Waals surface area (Å²) < 4.78 is 65.8. The number of aliphatic hydroxyl groups is 1. The molecule has 3 rings (SSSR count). The lowest BCUT2D eigenvalue weighted by Crippen LogP contribution is -2.33. The van der Waals surface area contributed by atoms with Crippen LogP contribution in [0.5, 0.6) is 11.6 Å². The Bertz CT molecular complexity index is 1340. The van der Waals surface area contributed by atoms with Gasteiger partial charge in [0.25, 0.3) is 5.91 Å². The maximum absolute atomic E-state index is 15.0. The van der Waals surface area contributed by atoms with Crippen LogP contribution in [0.25, 0.3) is 5.82 Å². The van der Waals surface area contributed by atoms with Crippen LogP contribution in [0.3, 0.4) is 0 Å². The molecule has 0 aliphatic heterocycles. The molecular formula is C20H19ClF4N6O5. The summed E-state index contributed by atoms with van der Waals surface area (Å²) in [7, 11) is 1.35. The van der Waals surface area contributed by atoms with Gasteiger partial charge in [-0.15, -0.1) is 5.10 Å². The standard InChI is InChI=1S/C20H19ClF4N6O5/c1-4-30-14(8-32)29-31(19(30)34)16-13(22)6-11(18(28-16)36-9(2)20(23,24)25)17(33)27-15-12(21)5-10(35-3)7-26-15/h5-7,9,32H,4,8H2,1-3H3,(H,26,27,33). The van der Waals surface area contributed by atoms with E-state index in [4.69, 9.17) is 21.1 Å². The zero-order valence-electron chi connectivity index (χ0n) is 18.9. The van der Waals surface area contributed by atoms with Crippen LogP contribution in [-0.4, -0.2) is 54.7 Å². The lowest BCUT2D eigenvalue weighted by molar-refractivity contribution is -0.190. The smallest absolute Gasteiger partial charge is 0.425 e. The first kappa shape index (κ1) is 26.9. The van der Waals surface area contributed by atoms with E-state index in [1.165, 1.54) is 19.4 Å². The fourth-order valence-corrected chi connectivity index (χ4v) is 3.11. The third kappa shape index (κ3) is 5.41. The molecule has 0 fully saturated rings. The van der Waals surface area contributed by atoms with Crippen molar-refractivity contribution in [1.29, 1.82) is 0 Å². The Morgan fingerprint density at radius 3 is 2.56 bits per heavy atom. The summed E-state index contributed by atoms with van der Waals surface area (Å²) in [5.41, 5.74) is -1.67. The van der Waals surface area contributed by atoms with E-state index in [2.05, 4.69) is 20.4 Å². The topological polar surface area (TPSA) is 133 Å². The highest BCUT2D eigenvalue weighted by atomic mass is 35.5. The largest absolute Gasteiger partial charge is 0.495 e. The molecule has 3 aromatic heterocycles. The number of pyridine rings is 2. The van der Waals surface area contributed by atoms with E-state index in [1.807, 2.05) is 0 Å². The predicted molar refractivity (Wildman–Crippen MR) is 117 cm³/mol.